The number of para-hydroxylation sites is 2. The van der Waals surface area contributed by atoms with Gasteiger partial charge < -0.3 is 64.0 Å². The van der Waals surface area contributed by atoms with Gasteiger partial charge in [-0.15, -0.1) is 0 Å². The number of hydrogen-bond acceptors (Lipinski definition) is 19. The standard InChI is InChI=1S/C36H48N6O7.C31H40N6O5/c1-23(2)19-29(48-31(45)22-39(7)30(44)21-40(8)35(47)49-36(4,5)6)34(46)42-17-15-41(16-18-42)33-25-14-13-24(3)20-27(25)37-32(38-33)26-11-9-10-12-28(26)43;1-20(2)16-26(42-28(40)19-35(5)27(39)18-32-4)31(41)37-14-12-36(13-15-37)30-22-11-10-21(3)17-24(22)33-29(34-30)23-8-6-7-9-25(23)38/h9-14,20,23,29,43H,15-19,21-22H2,1-8H3;6-11,17,20,26,32,38H,12-16,18-19H2,1-5H3/t29-;26-/m11/s1. The normalized spacial score (nSPS) is 14.1. The van der Waals surface area contributed by atoms with Crippen molar-refractivity contribution in [3.05, 3.63) is 96.1 Å². The van der Waals surface area contributed by atoms with Gasteiger partial charge in [0.1, 0.15) is 48.4 Å². The third-order valence-corrected chi connectivity index (χ3v) is 15.2. The summed E-state index contributed by atoms with van der Waals surface area (Å²) in [7, 11) is 6.06. The van der Waals surface area contributed by atoms with Gasteiger partial charge in [-0.3, -0.25) is 28.8 Å². The second-order valence-electron chi connectivity index (χ2n) is 25.0. The predicted molar refractivity (Wildman–Crippen MR) is 347 cm³/mol. The van der Waals surface area contributed by atoms with Crippen LogP contribution in [-0.4, -0.2) is 221 Å². The van der Waals surface area contributed by atoms with Gasteiger partial charge in [-0.05, 0) is 126 Å². The number of aryl methyl sites for hydroxylation is 2. The number of nitrogens with zero attached hydrogens (tertiary/aromatic N) is 11. The van der Waals surface area contributed by atoms with Crippen LogP contribution in [0.1, 0.15) is 72.4 Å². The number of amides is 5. The molecule has 0 aliphatic carbocycles. The van der Waals surface area contributed by atoms with Crippen molar-refractivity contribution in [3.8, 4) is 34.3 Å². The molecule has 4 aromatic carbocycles. The summed E-state index contributed by atoms with van der Waals surface area (Å²) in [5.41, 5.74) is 4.01. The van der Waals surface area contributed by atoms with Crippen LogP contribution >= 0.6 is 0 Å². The molecule has 8 rings (SSSR count). The fourth-order valence-corrected chi connectivity index (χ4v) is 10.4. The number of hydrogen-bond donors (Lipinski definition) is 3. The molecule has 4 heterocycles. The van der Waals surface area contributed by atoms with Crippen LogP contribution in [0.3, 0.4) is 0 Å². The Morgan fingerprint density at radius 2 is 0.945 bits per heavy atom. The number of rotatable bonds is 20. The lowest BCUT2D eigenvalue weighted by atomic mass is 10.0. The minimum Gasteiger partial charge on any atom is -0.507 e. The molecule has 91 heavy (non-hydrogen) atoms. The molecular formula is C67H88N12O12. The number of aromatic nitrogens is 4. The Balaban J connectivity index is 0.000000261. The van der Waals surface area contributed by atoms with Crippen LogP contribution in [0.2, 0.25) is 0 Å². The van der Waals surface area contributed by atoms with Gasteiger partial charge in [0.15, 0.2) is 23.9 Å². The third kappa shape index (κ3) is 18.9. The number of anilines is 2. The molecule has 0 bridgehead atoms. The number of phenolic OH excluding ortho intramolecular Hbond substituents is 2. The number of fused-ring (bicyclic) bond motifs is 2. The average Bonchev–Trinajstić information content (AvgIpc) is 1.04. The summed E-state index contributed by atoms with van der Waals surface area (Å²) >= 11 is 0. The number of benzene rings is 4. The molecule has 3 N–H and O–H groups in total. The van der Waals surface area contributed by atoms with Gasteiger partial charge >= 0.3 is 18.0 Å². The van der Waals surface area contributed by atoms with Crippen molar-refractivity contribution in [3.63, 3.8) is 0 Å². The summed E-state index contributed by atoms with van der Waals surface area (Å²) in [6.45, 7) is 19.8. The van der Waals surface area contributed by atoms with Gasteiger partial charge in [0, 0.05) is 84.3 Å². The summed E-state index contributed by atoms with van der Waals surface area (Å²) < 4.78 is 16.6. The van der Waals surface area contributed by atoms with E-state index in [1.165, 1.54) is 26.0 Å². The Morgan fingerprint density at radius 1 is 0.549 bits per heavy atom. The van der Waals surface area contributed by atoms with E-state index >= 15 is 0 Å². The number of phenols is 2. The number of nitrogens with one attached hydrogen (secondary N) is 1. The van der Waals surface area contributed by atoms with E-state index in [1.807, 2.05) is 90.1 Å². The van der Waals surface area contributed by atoms with Crippen molar-refractivity contribution >= 4 is 75.1 Å². The summed E-state index contributed by atoms with van der Waals surface area (Å²) in [6.07, 6.45) is -1.88. The third-order valence-electron chi connectivity index (χ3n) is 15.2. The zero-order valence-electron chi connectivity index (χ0n) is 54.7. The molecule has 2 atom stereocenters. The molecule has 2 aromatic heterocycles. The Labute approximate surface area is 532 Å². The van der Waals surface area contributed by atoms with Crippen LogP contribution in [-0.2, 0) is 43.0 Å². The number of carbonyl (C=O) groups is 7. The minimum absolute atomic E-state index is 0.0635. The predicted octanol–water partition coefficient (Wildman–Crippen LogP) is 6.84. The number of aromatic hydroxyl groups is 2. The molecule has 2 fully saturated rings. The fourth-order valence-electron chi connectivity index (χ4n) is 10.4. The van der Waals surface area contributed by atoms with E-state index in [4.69, 9.17) is 34.1 Å². The quantitative estimate of drug-likeness (QED) is 0.0521. The molecule has 0 saturated carbocycles. The molecule has 2 saturated heterocycles. The van der Waals surface area contributed by atoms with Gasteiger partial charge in [-0.1, -0.05) is 64.1 Å². The minimum atomic E-state index is -1.01. The van der Waals surface area contributed by atoms with Crippen molar-refractivity contribution in [2.24, 2.45) is 11.8 Å². The molecule has 2 aliphatic rings. The van der Waals surface area contributed by atoms with Crippen LogP contribution in [0.25, 0.3) is 44.6 Å². The summed E-state index contributed by atoms with van der Waals surface area (Å²) in [5.74, 6) is 0.102. The van der Waals surface area contributed by atoms with E-state index in [0.29, 0.717) is 93.8 Å². The lowest BCUT2D eigenvalue weighted by Crippen LogP contribution is -2.53. The first-order chi connectivity index (χ1) is 43.1. The summed E-state index contributed by atoms with van der Waals surface area (Å²) in [6, 6.07) is 25.9. The Bertz CT molecular complexity index is 3580. The Morgan fingerprint density at radius 3 is 1.32 bits per heavy atom. The number of likely N-dealkylation sites (N-methyl/N-ethyl adjacent to an activating group) is 4. The first kappa shape index (κ1) is 69.3. The van der Waals surface area contributed by atoms with Crippen LogP contribution < -0.4 is 15.1 Å². The highest BCUT2D eigenvalue weighted by Crippen LogP contribution is 2.35. The van der Waals surface area contributed by atoms with Crippen molar-refractivity contribution in [1.82, 2.24) is 49.8 Å². The molecule has 5 amide bonds. The maximum absolute atomic E-state index is 13.7. The molecular weight excluding hydrogens is 1160 g/mol. The maximum atomic E-state index is 13.7. The smallest absolute Gasteiger partial charge is 0.410 e. The SMILES string of the molecule is CNCC(=O)N(C)CC(=O)O[C@H](CC(C)C)C(=O)N1CCN(c2nc(-c3ccccc3O)nc3cc(C)ccc23)CC1.Cc1ccc2c(N3CCN(C(=O)[C@@H](CC(C)C)OC(=O)CN(C)C(=O)CN(C)C(=O)OC(C)(C)C)CC3)nc(-c3ccccc3O)nc2c1. The highest BCUT2D eigenvalue weighted by Gasteiger charge is 2.35. The molecule has 2 aliphatic heterocycles. The Hall–Kier alpha value is -9.19. The number of piperazine rings is 2. The van der Waals surface area contributed by atoms with Crippen molar-refractivity contribution in [2.75, 3.05) is 117 Å². The van der Waals surface area contributed by atoms with Crippen LogP contribution in [0.4, 0.5) is 16.4 Å². The maximum Gasteiger partial charge on any atom is 0.410 e. The summed E-state index contributed by atoms with van der Waals surface area (Å²) in [4.78, 5) is 120. The molecule has 24 nitrogen and oxygen atoms in total. The molecule has 0 radical (unpaired) electrons. The zero-order chi connectivity index (χ0) is 66.4. The topological polar surface area (TPSA) is 274 Å². The van der Waals surface area contributed by atoms with Crippen molar-refractivity contribution in [2.45, 2.75) is 93.0 Å². The Kier molecular flexibility index (Phi) is 23.6. The van der Waals surface area contributed by atoms with E-state index in [0.717, 1.165) is 48.6 Å². The monoisotopic (exact) mass is 1250 g/mol. The highest BCUT2D eigenvalue weighted by atomic mass is 16.6. The van der Waals surface area contributed by atoms with Gasteiger partial charge in [-0.2, -0.15) is 0 Å². The zero-order valence-corrected chi connectivity index (χ0v) is 54.7. The van der Waals surface area contributed by atoms with Crippen LogP contribution in [0.15, 0.2) is 84.9 Å². The largest absolute Gasteiger partial charge is 0.507 e. The first-order valence-corrected chi connectivity index (χ1v) is 30.8. The average molecular weight is 1250 g/mol. The first-order valence-electron chi connectivity index (χ1n) is 30.8. The van der Waals surface area contributed by atoms with Crippen molar-refractivity contribution < 1.29 is 58.0 Å². The van der Waals surface area contributed by atoms with Crippen LogP contribution in [0.5, 0.6) is 11.5 Å². The van der Waals surface area contributed by atoms with E-state index in [1.54, 1.807) is 74.0 Å². The number of esters is 2. The fraction of sp³-hybridized carbons (Fsp3) is 0.478. The number of ether oxygens (including phenoxy) is 3. The second kappa shape index (κ2) is 31.0. The molecule has 488 valence electrons. The molecule has 6 aromatic rings. The highest BCUT2D eigenvalue weighted by molar-refractivity contribution is 5.94. The van der Waals surface area contributed by atoms with Gasteiger partial charge in [0.25, 0.3) is 11.8 Å². The van der Waals surface area contributed by atoms with Crippen LogP contribution in [0, 0.1) is 25.7 Å². The molecule has 24 heteroatoms. The lowest BCUT2D eigenvalue weighted by Gasteiger charge is -2.37. The molecule has 0 unspecified atom stereocenters. The van der Waals surface area contributed by atoms with Crippen molar-refractivity contribution in [1.29, 1.82) is 0 Å². The van der Waals surface area contributed by atoms with E-state index in [-0.39, 0.29) is 67.2 Å². The van der Waals surface area contributed by atoms with Gasteiger partial charge in [-0.25, -0.2) is 24.7 Å². The van der Waals surface area contributed by atoms with Gasteiger partial charge in [0.2, 0.25) is 11.8 Å². The van der Waals surface area contributed by atoms with E-state index in [9.17, 15) is 43.8 Å². The lowest BCUT2D eigenvalue weighted by molar-refractivity contribution is -0.163. The summed E-state index contributed by atoms with van der Waals surface area (Å²) in [5, 5.41) is 25.5. The number of carbonyl (C=O) groups excluding carboxylic acids is 7. The second-order valence-corrected chi connectivity index (χ2v) is 25.0. The van der Waals surface area contributed by atoms with E-state index < -0.39 is 41.7 Å². The molecule has 0 spiro atoms. The van der Waals surface area contributed by atoms with Gasteiger partial charge in [0.05, 0.1) is 28.7 Å². The van der Waals surface area contributed by atoms with E-state index in [2.05, 4.69) is 15.1 Å².